The maximum absolute atomic E-state index is 12.7. The normalized spacial score (nSPS) is 23.6. The Morgan fingerprint density at radius 3 is 2.24 bits per heavy atom. The molecule has 37 heavy (non-hydrogen) atoms. The second-order valence-electron chi connectivity index (χ2n) is 11.2. The number of sulfone groups is 1. The van der Waals surface area contributed by atoms with Crippen molar-refractivity contribution in [1.82, 2.24) is 19.9 Å². The minimum atomic E-state index is -3.38. The maximum atomic E-state index is 12.7. The van der Waals surface area contributed by atoms with Crippen LogP contribution in [0.25, 0.3) is 0 Å². The summed E-state index contributed by atoms with van der Waals surface area (Å²) in [5.41, 5.74) is 0.574. The molecule has 0 radical (unpaired) electrons. The molecule has 0 N–H and O–H groups in total. The van der Waals surface area contributed by atoms with E-state index in [1.165, 1.54) is 12.4 Å². The molecule has 3 fully saturated rings. The zero-order chi connectivity index (χ0) is 26.5. The van der Waals surface area contributed by atoms with E-state index in [4.69, 9.17) is 14.2 Å². The van der Waals surface area contributed by atoms with Gasteiger partial charge in [0.2, 0.25) is 11.8 Å². The molecule has 2 aromatic heterocycles. The van der Waals surface area contributed by atoms with E-state index in [1.807, 2.05) is 32.6 Å². The molecule has 1 amide bonds. The molecule has 2 aromatic rings. The Labute approximate surface area is 217 Å². The van der Waals surface area contributed by atoms with Crippen molar-refractivity contribution in [1.29, 1.82) is 0 Å². The Balaban J connectivity index is 1.27. The van der Waals surface area contributed by atoms with Crippen LogP contribution in [-0.2, 0) is 14.6 Å². The highest BCUT2D eigenvalue weighted by molar-refractivity contribution is 7.92. The van der Waals surface area contributed by atoms with E-state index in [-0.39, 0.29) is 34.6 Å². The van der Waals surface area contributed by atoms with Crippen LogP contribution >= 0.6 is 0 Å². The van der Waals surface area contributed by atoms with Crippen molar-refractivity contribution < 1.29 is 27.4 Å². The number of carbonyl (C=O) groups excluding carboxylic acids is 1. The number of aryl methyl sites for hydroxylation is 1. The lowest BCUT2D eigenvalue weighted by Gasteiger charge is -2.39. The zero-order valence-electron chi connectivity index (χ0n) is 21.9. The van der Waals surface area contributed by atoms with Gasteiger partial charge in [-0.15, -0.1) is 0 Å². The molecule has 1 aliphatic carbocycles. The van der Waals surface area contributed by atoms with E-state index >= 15 is 0 Å². The highest BCUT2D eigenvalue weighted by Crippen LogP contribution is 2.39. The van der Waals surface area contributed by atoms with Crippen LogP contribution in [0.3, 0.4) is 0 Å². The number of piperidine rings is 1. The standard InChI is InChI=1S/C26H34N4O6S/c1-15-23(34-19-12-17-6-7-18(13-19)30(17)25(31)36-26(3,4)5)27-14-28-24(15)35-21-10-11-22(29-16(21)2)37(32,33)20-8-9-20/h10-11,14,17-20H,6-9,12-13H2,1-5H3/t17-,18?,19+/m0/s1. The van der Waals surface area contributed by atoms with Gasteiger partial charge in [0, 0.05) is 24.9 Å². The van der Waals surface area contributed by atoms with Crippen LogP contribution in [0.4, 0.5) is 4.79 Å². The largest absolute Gasteiger partial charge is 0.474 e. The van der Waals surface area contributed by atoms with Crippen LogP contribution in [0.2, 0.25) is 0 Å². The van der Waals surface area contributed by atoms with Crippen molar-refractivity contribution in [2.24, 2.45) is 0 Å². The molecule has 4 heterocycles. The minimum absolute atomic E-state index is 0.0793. The van der Waals surface area contributed by atoms with Gasteiger partial charge in [0.15, 0.2) is 20.6 Å². The molecule has 0 aromatic carbocycles. The third-order valence-electron chi connectivity index (χ3n) is 7.04. The fourth-order valence-electron chi connectivity index (χ4n) is 5.08. The molecule has 3 aliphatic rings. The van der Waals surface area contributed by atoms with E-state index in [0.29, 0.717) is 54.5 Å². The lowest BCUT2D eigenvalue weighted by Crippen LogP contribution is -2.50. The van der Waals surface area contributed by atoms with Crippen molar-refractivity contribution in [2.45, 2.75) is 107 Å². The van der Waals surface area contributed by atoms with Crippen LogP contribution in [0.15, 0.2) is 23.5 Å². The molecule has 1 saturated carbocycles. The first-order valence-corrected chi connectivity index (χ1v) is 14.4. The van der Waals surface area contributed by atoms with Crippen LogP contribution in [0, 0.1) is 13.8 Å². The van der Waals surface area contributed by atoms with Gasteiger partial charge >= 0.3 is 6.09 Å². The molecule has 5 rings (SSSR count). The van der Waals surface area contributed by atoms with Crippen molar-refractivity contribution >= 4 is 15.9 Å². The third kappa shape index (κ3) is 5.37. The summed E-state index contributed by atoms with van der Waals surface area (Å²) in [5.74, 6) is 1.17. The number of pyridine rings is 1. The number of aromatic nitrogens is 3. The molecular weight excluding hydrogens is 496 g/mol. The smallest absolute Gasteiger partial charge is 0.410 e. The predicted molar refractivity (Wildman–Crippen MR) is 135 cm³/mol. The third-order valence-corrected chi connectivity index (χ3v) is 9.20. The number of nitrogens with zero attached hydrogens (tertiary/aromatic N) is 4. The van der Waals surface area contributed by atoms with Gasteiger partial charge in [-0.25, -0.2) is 28.2 Å². The molecule has 2 saturated heterocycles. The number of fused-ring (bicyclic) bond motifs is 2. The number of hydrogen-bond donors (Lipinski definition) is 0. The highest BCUT2D eigenvalue weighted by Gasteiger charge is 2.46. The number of carbonyl (C=O) groups is 1. The van der Waals surface area contributed by atoms with Crippen LogP contribution < -0.4 is 9.47 Å². The molecule has 10 nitrogen and oxygen atoms in total. The Hall–Kier alpha value is -2.95. The topological polar surface area (TPSA) is 121 Å². The van der Waals surface area contributed by atoms with Crippen molar-refractivity contribution in [3.8, 4) is 17.5 Å². The zero-order valence-corrected chi connectivity index (χ0v) is 22.7. The Kier molecular flexibility index (Phi) is 6.54. The molecule has 1 unspecified atom stereocenters. The number of hydrogen-bond acceptors (Lipinski definition) is 9. The average Bonchev–Trinajstić information content (AvgIpc) is 3.62. The monoisotopic (exact) mass is 530 g/mol. The molecule has 3 atom stereocenters. The lowest BCUT2D eigenvalue weighted by molar-refractivity contribution is -0.00773. The van der Waals surface area contributed by atoms with Gasteiger partial charge in [-0.1, -0.05) is 0 Å². The predicted octanol–water partition coefficient (Wildman–Crippen LogP) is 4.53. The maximum Gasteiger partial charge on any atom is 0.410 e. The summed E-state index contributed by atoms with van der Waals surface area (Å²) in [6.45, 7) is 9.17. The van der Waals surface area contributed by atoms with Crippen molar-refractivity contribution in [3.05, 3.63) is 29.7 Å². The van der Waals surface area contributed by atoms with Crippen molar-refractivity contribution in [3.63, 3.8) is 0 Å². The molecule has 2 bridgehead atoms. The van der Waals surface area contributed by atoms with E-state index in [9.17, 15) is 13.2 Å². The van der Waals surface area contributed by atoms with Gasteiger partial charge in [0.1, 0.15) is 18.0 Å². The Morgan fingerprint density at radius 2 is 1.65 bits per heavy atom. The van der Waals surface area contributed by atoms with E-state index in [1.54, 1.807) is 13.0 Å². The Bertz CT molecular complexity index is 1290. The summed E-state index contributed by atoms with van der Waals surface area (Å²) in [5, 5.41) is -0.239. The fraction of sp³-hybridized carbons (Fsp3) is 0.615. The molecule has 200 valence electrons. The molecular formula is C26H34N4O6S. The average molecular weight is 531 g/mol. The number of ether oxygens (including phenoxy) is 3. The van der Waals surface area contributed by atoms with E-state index in [0.717, 1.165) is 12.8 Å². The van der Waals surface area contributed by atoms with Gasteiger partial charge in [0.05, 0.1) is 16.5 Å². The number of rotatable bonds is 6. The summed E-state index contributed by atoms with van der Waals surface area (Å²) in [6, 6.07) is 3.26. The van der Waals surface area contributed by atoms with Gasteiger partial charge in [-0.3, -0.25) is 0 Å². The highest BCUT2D eigenvalue weighted by atomic mass is 32.2. The van der Waals surface area contributed by atoms with Gasteiger partial charge in [-0.05, 0) is 72.4 Å². The Morgan fingerprint density at radius 1 is 1.00 bits per heavy atom. The van der Waals surface area contributed by atoms with Crippen LogP contribution in [-0.4, -0.2) is 63.4 Å². The summed E-state index contributed by atoms with van der Waals surface area (Å²) in [6.07, 6.45) is 5.68. The fourth-order valence-corrected chi connectivity index (χ4v) is 6.70. The second-order valence-corrected chi connectivity index (χ2v) is 13.3. The molecule has 2 aliphatic heterocycles. The minimum Gasteiger partial charge on any atom is -0.474 e. The first kappa shape index (κ1) is 25.7. The van der Waals surface area contributed by atoms with Crippen LogP contribution in [0.5, 0.6) is 17.5 Å². The molecule has 11 heteroatoms. The van der Waals surface area contributed by atoms with Gasteiger partial charge < -0.3 is 19.1 Å². The first-order chi connectivity index (χ1) is 17.4. The van der Waals surface area contributed by atoms with Gasteiger partial charge in [0.25, 0.3) is 0 Å². The number of amides is 1. The summed E-state index contributed by atoms with van der Waals surface area (Å²) >= 11 is 0. The van der Waals surface area contributed by atoms with Crippen molar-refractivity contribution in [2.75, 3.05) is 0 Å². The molecule has 0 spiro atoms. The summed E-state index contributed by atoms with van der Waals surface area (Å²) in [7, 11) is -3.38. The lowest BCUT2D eigenvalue weighted by atomic mass is 10.00. The van der Waals surface area contributed by atoms with Crippen LogP contribution in [0.1, 0.15) is 70.6 Å². The summed E-state index contributed by atoms with van der Waals surface area (Å²) in [4.78, 5) is 27.5. The first-order valence-electron chi connectivity index (χ1n) is 12.8. The SMILES string of the molecule is Cc1nc(S(=O)(=O)C2CC2)ccc1Oc1ncnc(O[C@H]2CC3CC[C@@H](C2)N3C(=O)OC(C)(C)C)c1C. The van der Waals surface area contributed by atoms with E-state index < -0.39 is 15.4 Å². The summed E-state index contributed by atoms with van der Waals surface area (Å²) < 4.78 is 42.9. The van der Waals surface area contributed by atoms with E-state index in [2.05, 4.69) is 15.0 Å². The van der Waals surface area contributed by atoms with Gasteiger partial charge in [-0.2, -0.15) is 0 Å². The second kappa shape index (κ2) is 9.41. The quantitative estimate of drug-likeness (QED) is 0.530.